The molecule has 162 valence electrons. The molecule has 0 unspecified atom stereocenters. The molecule has 10 nitrogen and oxygen atoms in total. The summed E-state index contributed by atoms with van der Waals surface area (Å²) in [6.45, 7) is 2.37. The zero-order valence-corrected chi connectivity index (χ0v) is 17.9. The van der Waals surface area contributed by atoms with E-state index < -0.39 is 10.0 Å². The van der Waals surface area contributed by atoms with Crippen molar-refractivity contribution in [1.29, 1.82) is 0 Å². The second-order valence-corrected chi connectivity index (χ2v) is 8.78. The highest BCUT2D eigenvalue weighted by atomic mass is 32.2. The van der Waals surface area contributed by atoms with Gasteiger partial charge in [0.1, 0.15) is 12.0 Å². The Balaban J connectivity index is 1.52. The monoisotopic (exact) mass is 434 g/mol. The Morgan fingerprint density at radius 2 is 1.87 bits per heavy atom. The van der Waals surface area contributed by atoms with E-state index in [4.69, 9.17) is 4.52 Å². The molecule has 2 N–H and O–H groups in total. The van der Waals surface area contributed by atoms with E-state index in [0.29, 0.717) is 49.9 Å². The highest BCUT2D eigenvalue weighted by Crippen LogP contribution is 2.13. The standard InChI is InChI=1S/C19H26N6O4S/c1-20-18(26)16-5-3-15(4-6-16)13-22-19(21-2)24-8-10-25(11-9-24)30(27,28)14-17-7-12-29-23-17/h3-7,12H,8-11,13-14H2,1-2H3,(H,20,26)(H,21,22). The van der Waals surface area contributed by atoms with Gasteiger partial charge in [-0.3, -0.25) is 9.79 Å². The molecule has 0 bridgehead atoms. The van der Waals surface area contributed by atoms with Gasteiger partial charge in [0, 0.05) is 58.4 Å². The van der Waals surface area contributed by atoms with Crippen LogP contribution in [-0.2, 0) is 22.3 Å². The predicted molar refractivity (Wildman–Crippen MR) is 112 cm³/mol. The van der Waals surface area contributed by atoms with Crippen LogP contribution >= 0.6 is 0 Å². The van der Waals surface area contributed by atoms with Gasteiger partial charge in [0.2, 0.25) is 10.0 Å². The molecule has 0 aliphatic carbocycles. The Hall–Kier alpha value is -2.92. The molecule has 0 atom stereocenters. The van der Waals surface area contributed by atoms with Crippen LogP contribution in [0.4, 0.5) is 0 Å². The molecule has 0 radical (unpaired) electrons. The molecular weight excluding hydrogens is 408 g/mol. The summed E-state index contributed by atoms with van der Waals surface area (Å²) in [7, 11) is -0.142. The van der Waals surface area contributed by atoms with Gasteiger partial charge < -0.3 is 20.1 Å². The minimum absolute atomic E-state index is 0.123. The molecule has 30 heavy (non-hydrogen) atoms. The van der Waals surface area contributed by atoms with Crippen LogP contribution < -0.4 is 10.6 Å². The second kappa shape index (κ2) is 9.72. The van der Waals surface area contributed by atoms with E-state index in [0.717, 1.165) is 5.56 Å². The first-order chi connectivity index (χ1) is 14.4. The molecule has 3 rings (SSSR count). The molecule has 1 saturated heterocycles. The van der Waals surface area contributed by atoms with E-state index in [1.54, 1.807) is 32.3 Å². The van der Waals surface area contributed by atoms with Crippen LogP contribution in [0, 0.1) is 0 Å². The molecular formula is C19H26N6O4S. The first kappa shape index (κ1) is 21.8. The maximum absolute atomic E-state index is 12.6. The van der Waals surface area contributed by atoms with Crippen molar-refractivity contribution in [3.63, 3.8) is 0 Å². The van der Waals surface area contributed by atoms with Gasteiger partial charge in [-0.05, 0) is 17.7 Å². The van der Waals surface area contributed by atoms with Crippen LogP contribution in [0.15, 0.2) is 46.1 Å². The Morgan fingerprint density at radius 3 is 2.43 bits per heavy atom. The Bertz CT molecular complexity index is 965. The van der Waals surface area contributed by atoms with Gasteiger partial charge in [0.05, 0.1) is 5.69 Å². The van der Waals surface area contributed by atoms with Gasteiger partial charge >= 0.3 is 0 Å². The number of hydrogen-bond acceptors (Lipinski definition) is 6. The van der Waals surface area contributed by atoms with Crippen LogP contribution in [0.5, 0.6) is 0 Å². The first-order valence-corrected chi connectivity index (χ1v) is 11.2. The number of benzene rings is 1. The van der Waals surface area contributed by atoms with Gasteiger partial charge in [-0.2, -0.15) is 4.31 Å². The van der Waals surface area contributed by atoms with E-state index in [-0.39, 0.29) is 11.7 Å². The second-order valence-electron chi connectivity index (χ2n) is 6.81. The number of aliphatic imine (C=N–C) groups is 1. The average Bonchev–Trinajstić information content (AvgIpc) is 3.26. The number of carbonyl (C=O) groups is 1. The van der Waals surface area contributed by atoms with Gasteiger partial charge in [0.15, 0.2) is 5.96 Å². The minimum Gasteiger partial charge on any atom is -0.364 e. The quantitative estimate of drug-likeness (QED) is 0.494. The third-order valence-electron chi connectivity index (χ3n) is 4.86. The van der Waals surface area contributed by atoms with Crippen molar-refractivity contribution in [3.05, 3.63) is 53.4 Å². The molecule has 2 heterocycles. The summed E-state index contributed by atoms with van der Waals surface area (Å²) < 4.78 is 31.3. The third-order valence-corrected chi connectivity index (χ3v) is 6.67. The van der Waals surface area contributed by atoms with Gasteiger partial charge in [-0.25, -0.2) is 8.42 Å². The number of aromatic nitrogens is 1. The molecule has 0 saturated carbocycles. The Morgan fingerprint density at radius 1 is 1.17 bits per heavy atom. The van der Waals surface area contributed by atoms with E-state index in [2.05, 4.69) is 20.8 Å². The van der Waals surface area contributed by atoms with Gasteiger partial charge in [-0.15, -0.1) is 0 Å². The largest absolute Gasteiger partial charge is 0.364 e. The van der Waals surface area contributed by atoms with Crippen molar-refractivity contribution in [2.45, 2.75) is 12.3 Å². The van der Waals surface area contributed by atoms with Crippen molar-refractivity contribution in [2.24, 2.45) is 4.99 Å². The maximum Gasteiger partial charge on any atom is 0.251 e. The summed E-state index contributed by atoms with van der Waals surface area (Å²) in [5, 5.41) is 9.57. The summed E-state index contributed by atoms with van der Waals surface area (Å²) in [5.41, 5.74) is 2.02. The zero-order valence-electron chi connectivity index (χ0n) is 17.0. The molecule has 1 aliphatic rings. The third kappa shape index (κ3) is 5.36. The molecule has 1 fully saturated rings. The zero-order chi connectivity index (χ0) is 21.6. The fourth-order valence-electron chi connectivity index (χ4n) is 3.20. The average molecular weight is 435 g/mol. The minimum atomic E-state index is -3.44. The number of carbonyl (C=O) groups excluding carboxylic acids is 1. The highest BCUT2D eigenvalue weighted by Gasteiger charge is 2.28. The number of rotatable bonds is 6. The molecule has 11 heteroatoms. The normalized spacial score (nSPS) is 15.8. The van der Waals surface area contributed by atoms with Crippen LogP contribution in [0.2, 0.25) is 0 Å². The Kier molecular flexibility index (Phi) is 7.06. The molecule has 1 aromatic heterocycles. The summed E-state index contributed by atoms with van der Waals surface area (Å²) >= 11 is 0. The van der Waals surface area contributed by atoms with Crippen LogP contribution in [0.25, 0.3) is 0 Å². The van der Waals surface area contributed by atoms with Crippen LogP contribution in [0.3, 0.4) is 0 Å². The lowest BCUT2D eigenvalue weighted by molar-refractivity contribution is 0.0963. The summed E-state index contributed by atoms with van der Waals surface area (Å²) in [5.74, 6) is 0.420. The van der Waals surface area contributed by atoms with Crippen LogP contribution in [-0.4, -0.2) is 74.9 Å². The molecule has 2 aromatic rings. The van der Waals surface area contributed by atoms with Crippen molar-refractivity contribution < 1.29 is 17.7 Å². The fraction of sp³-hybridized carbons (Fsp3) is 0.421. The van der Waals surface area contributed by atoms with E-state index in [1.807, 2.05) is 17.0 Å². The summed E-state index contributed by atoms with van der Waals surface area (Å²) in [6.07, 6.45) is 1.37. The van der Waals surface area contributed by atoms with E-state index in [9.17, 15) is 13.2 Å². The number of amides is 1. The Labute approximate surface area is 176 Å². The fourth-order valence-corrected chi connectivity index (χ4v) is 4.62. The van der Waals surface area contributed by atoms with Crippen molar-refractivity contribution in [1.82, 2.24) is 25.0 Å². The van der Waals surface area contributed by atoms with Crippen molar-refractivity contribution in [3.8, 4) is 0 Å². The number of piperazine rings is 1. The molecule has 1 aromatic carbocycles. The first-order valence-electron chi connectivity index (χ1n) is 9.56. The lowest BCUT2D eigenvalue weighted by Crippen LogP contribution is -2.53. The van der Waals surface area contributed by atoms with E-state index in [1.165, 1.54) is 10.6 Å². The molecule has 1 amide bonds. The maximum atomic E-state index is 12.6. The lowest BCUT2D eigenvalue weighted by Gasteiger charge is -2.35. The SMILES string of the molecule is CN=C(NCc1ccc(C(=O)NC)cc1)N1CCN(S(=O)(=O)Cc2ccon2)CC1. The smallest absolute Gasteiger partial charge is 0.251 e. The number of nitrogens with one attached hydrogen (secondary N) is 2. The summed E-state index contributed by atoms with van der Waals surface area (Å²) in [6, 6.07) is 8.88. The van der Waals surface area contributed by atoms with Gasteiger partial charge in [-0.1, -0.05) is 17.3 Å². The predicted octanol–water partition coefficient (Wildman–Crippen LogP) is 0.257. The number of hydrogen-bond donors (Lipinski definition) is 2. The molecule has 0 spiro atoms. The number of guanidine groups is 1. The van der Waals surface area contributed by atoms with Crippen LogP contribution in [0.1, 0.15) is 21.6 Å². The highest BCUT2D eigenvalue weighted by molar-refractivity contribution is 7.88. The molecule has 1 aliphatic heterocycles. The van der Waals surface area contributed by atoms with E-state index >= 15 is 0 Å². The number of sulfonamides is 1. The number of nitrogens with zero attached hydrogens (tertiary/aromatic N) is 4. The van der Waals surface area contributed by atoms with Gasteiger partial charge in [0.25, 0.3) is 5.91 Å². The van der Waals surface area contributed by atoms with Crippen molar-refractivity contribution >= 4 is 21.9 Å². The topological polar surface area (TPSA) is 120 Å². The summed E-state index contributed by atoms with van der Waals surface area (Å²) in [4.78, 5) is 18.0. The van der Waals surface area contributed by atoms with Crippen molar-refractivity contribution in [2.75, 3.05) is 40.3 Å². The lowest BCUT2D eigenvalue weighted by atomic mass is 10.1.